The van der Waals surface area contributed by atoms with Crippen LogP contribution in [0.4, 0.5) is 10.5 Å². The van der Waals surface area contributed by atoms with Crippen molar-refractivity contribution in [1.82, 2.24) is 9.55 Å². The minimum Gasteiger partial charge on any atom is -0.434 e. The van der Waals surface area contributed by atoms with Gasteiger partial charge in [0.1, 0.15) is 18.9 Å². The minimum atomic E-state index is -0.989. The Hall–Kier alpha value is -3.51. The summed E-state index contributed by atoms with van der Waals surface area (Å²) >= 11 is 0. The highest BCUT2D eigenvalue weighted by atomic mass is 16.7. The molecule has 2 aromatic rings. The van der Waals surface area contributed by atoms with Crippen LogP contribution in [0.25, 0.3) is 0 Å². The second-order valence-corrected chi connectivity index (χ2v) is 6.99. The number of nitrogens with one attached hydrogen (secondary N) is 1. The Balaban J connectivity index is 1.45. The van der Waals surface area contributed by atoms with Gasteiger partial charge in [0.15, 0.2) is 0 Å². The predicted octanol–water partition coefficient (Wildman–Crippen LogP) is 0.798. The van der Waals surface area contributed by atoms with E-state index in [-0.39, 0.29) is 25.3 Å². The maximum atomic E-state index is 12.0. The van der Waals surface area contributed by atoms with Gasteiger partial charge in [-0.05, 0) is 12.5 Å². The van der Waals surface area contributed by atoms with Crippen molar-refractivity contribution in [2.45, 2.75) is 38.2 Å². The Bertz CT molecular complexity index is 1060. The summed E-state index contributed by atoms with van der Waals surface area (Å²) in [5, 5.41) is 20.8. The van der Waals surface area contributed by atoms with E-state index in [4.69, 9.17) is 14.2 Å². The number of ether oxygens (including phenoxy) is 3. The Kier molecular flexibility index (Phi) is 6.82. The average Bonchev–Trinajstić information content (AvgIpc) is 3.10. The van der Waals surface area contributed by atoms with Gasteiger partial charge in [0.2, 0.25) is 0 Å². The molecule has 1 saturated heterocycles. The van der Waals surface area contributed by atoms with E-state index in [9.17, 15) is 29.6 Å². The van der Waals surface area contributed by atoms with Gasteiger partial charge in [0.25, 0.3) is 11.2 Å². The van der Waals surface area contributed by atoms with Crippen molar-refractivity contribution in [3.8, 4) is 0 Å². The fraction of sp³-hybridized carbons (Fsp3) is 0.421. The Labute approximate surface area is 175 Å². The maximum Gasteiger partial charge on any atom is 0.508 e. The molecule has 0 unspecified atom stereocenters. The number of H-pyrrole nitrogens is 1. The number of carbonyl (C=O) groups is 1. The van der Waals surface area contributed by atoms with Gasteiger partial charge in [-0.25, -0.2) is 9.59 Å². The topological polar surface area (TPSA) is 163 Å². The van der Waals surface area contributed by atoms with Gasteiger partial charge in [-0.15, -0.1) is 0 Å². The molecule has 1 fully saturated rings. The van der Waals surface area contributed by atoms with E-state index in [0.717, 1.165) is 5.56 Å². The number of nitro groups is 1. The van der Waals surface area contributed by atoms with Gasteiger partial charge in [-0.2, -0.15) is 0 Å². The molecule has 3 rings (SSSR count). The number of nitrogens with zero attached hydrogens (tertiary/aromatic N) is 2. The van der Waals surface area contributed by atoms with E-state index in [1.807, 2.05) is 0 Å². The quantitative estimate of drug-likeness (QED) is 0.364. The first-order valence-corrected chi connectivity index (χ1v) is 9.43. The van der Waals surface area contributed by atoms with E-state index < -0.39 is 40.8 Å². The van der Waals surface area contributed by atoms with Gasteiger partial charge < -0.3 is 19.3 Å². The molecule has 12 nitrogen and oxygen atoms in total. The molecule has 0 bridgehead atoms. The number of nitro benzene ring substituents is 1. The summed E-state index contributed by atoms with van der Waals surface area (Å²) < 4.78 is 16.7. The van der Waals surface area contributed by atoms with Crippen LogP contribution in [0.2, 0.25) is 0 Å². The van der Waals surface area contributed by atoms with E-state index in [1.165, 1.54) is 29.8 Å². The molecular weight excluding hydrogens is 414 g/mol. The van der Waals surface area contributed by atoms with Crippen LogP contribution in [0, 0.1) is 17.0 Å². The Morgan fingerprint density at radius 2 is 2.03 bits per heavy atom. The van der Waals surface area contributed by atoms with Crippen molar-refractivity contribution >= 4 is 11.8 Å². The predicted molar refractivity (Wildman–Crippen MR) is 105 cm³/mol. The molecule has 31 heavy (non-hydrogen) atoms. The van der Waals surface area contributed by atoms with Gasteiger partial charge >= 0.3 is 11.8 Å². The van der Waals surface area contributed by atoms with Gasteiger partial charge in [0, 0.05) is 36.7 Å². The van der Waals surface area contributed by atoms with E-state index in [1.54, 1.807) is 12.1 Å². The number of hydrogen-bond donors (Lipinski definition) is 2. The SMILES string of the molecule is Cc1cn([C@H]2C[C@H](O)[C@@H](COC(=O)OCCc3ccc([N+](=O)[O-])cc3)O2)c(=O)[nH]c1=O. The van der Waals surface area contributed by atoms with Crippen LogP contribution >= 0.6 is 0 Å². The van der Waals surface area contributed by atoms with Crippen molar-refractivity contribution in [3.63, 3.8) is 0 Å². The molecule has 0 amide bonds. The third kappa shape index (κ3) is 5.55. The fourth-order valence-electron chi connectivity index (χ4n) is 3.06. The van der Waals surface area contributed by atoms with Crippen LogP contribution in [0.3, 0.4) is 0 Å². The monoisotopic (exact) mass is 435 g/mol. The highest BCUT2D eigenvalue weighted by Gasteiger charge is 2.36. The van der Waals surface area contributed by atoms with Gasteiger partial charge in [0.05, 0.1) is 17.6 Å². The van der Waals surface area contributed by atoms with Crippen LogP contribution in [-0.2, 0) is 20.6 Å². The average molecular weight is 435 g/mol. The number of aryl methyl sites for hydroxylation is 1. The van der Waals surface area contributed by atoms with Crippen LogP contribution < -0.4 is 11.2 Å². The number of benzene rings is 1. The molecule has 0 saturated carbocycles. The molecule has 12 heteroatoms. The zero-order valence-electron chi connectivity index (χ0n) is 16.6. The van der Waals surface area contributed by atoms with Crippen molar-refractivity contribution in [2.24, 2.45) is 0 Å². The molecule has 0 radical (unpaired) electrons. The molecule has 1 aliphatic heterocycles. The number of aliphatic hydroxyl groups is 1. The van der Waals surface area contributed by atoms with Gasteiger partial charge in [-0.3, -0.25) is 24.5 Å². The van der Waals surface area contributed by atoms with E-state index >= 15 is 0 Å². The first-order chi connectivity index (χ1) is 14.7. The van der Waals surface area contributed by atoms with Crippen molar-refractivity contribution in [3.05, 3.63) is 72.5 Å². The molecule has 0 spiro atoms. The summed E-state index contributed by atoms with van der Waals surface area (Å²) in [4.78, 5) is 47.5. The molecule has 2 heterocycles. The number of non-ortho nitro benzene ring substituents is 1. The second kappa shape index (κ2) is 9.53. The lowest BCUT2D eigenvalue weighted by molar-refractivity contribution is -0.384. The summed E-state index contributed by atoms with van der Waals surface area (Å²) in [5.41, 5.74) is -0.139. The molecule has 2 N–H and O–H groups in total. The number of aliphatic hydroxyl groups excluding tert-OH is 1. The standard InChI is InChI=1S/C19H21N3O9/c1-11-9-21(18(25)20-17(11)24)16-8-14(23)15(31-16)10-30-19(26)29-7-6-12-2-4-13(5-3-12)22(27)28/h2-5,9,14-16,23H,6-8,10H2,1H3,(H,20,24,25)/t14-,15+,16+/m0/s1. The van der Waals surface area contributed by atoms with Crippen LogP contribution in [-0.4, -0.2) is 51.2 Å². The molecule has 0 aliphatic carbocycles. The molecular formula is C19H21N3O9. The van der Waals surface area contributed by atoms with Crippen LogP contribution in [0.5, 0.6) is 0 Å². The second-order valence-electron chi connectivity index (χ2n) is 6.99. The number of aromatic nitrogens is 2. The summed E-state index contributed by atoms with van der Waals surface area (Å²) in [5.74, 6) is 0. The maximum absolute atomic E-state index is 12.0. The summed E-state index contributed by atoms with van der Waals surface area (Å²) in [6, 6.07) is 5.85. The summed E-state index contributed by atoms with van der Waals surface area (Å²) in [7, 11) is 0. The highest BCUT2D eigenvalue weighted by Crippen LogP contribution is 2.27. The minimum absolute atomic E-state index is 0.000599. The van der Waals surface area contributed by atoms with E-state index in [2.05, 4.69) is 4.98 Å². The number of carbonyl (C=O) groups excluding carboxylic acids is 1. The smallest absolute Gasteiger partial charge is 0.434 e. The zero-order valence-corrected chi connectivity index (χ0v) is 16.6. The van der Waals surface area contributed by atoms with Crippen LogP contribution in [0.15, 0.2) is 40.1 Å². The molecule has 1 aromatic carbocycles. The summed E-state index contributed by atoms with van der Waals surface area (Å²) in [6.45, 7) is 1.25. The first kappa shape index (κ1) is 22.2. The first-order valence-electron chi connectivity index (χ1n) is 9.43. The summed E-state index contributed by atoms with van der Waals surface area (Å²) in [6.07, 6.45) is -1.87. The normalized spacial score (nSPS) is 20.4. The van der Waals surface area contributed by atoms with Crippen molar-refractivity contribution < 1.29 is 29.0 Å². The van der Waals surface area contributed by atoms with Crippen LogP contribution in [0.1, 0.15) is 23.8 Å². The Morgan fingerprint density at radius 3 is 2.71 bits per heavy atom. The Morgan fingerprint density at radius 1 is 1.32 bits per heavy atom. The largest absolute Gasteiger partial charge is 0.508 e. The zero-order chi connectivity index (χ0) is 22.5. The number of aromatic amines is 1. The van der Waals surface area contributed by atoms with Crippen molar-refractivity contribution in [1.29, 1.82) is 0 Å². The third-order valence-electron chi connectivity index (χ3n) is 4.78. The molecule has 166 valence electrons. The highest BCUT2D eigenvalue weighted by molar-refractivity contribution is 5.59. The lowest BCUT2D eigenvalue weighted by atomic mass is 10.1. The molecule has 3 atom stereocenters. The molecule has 1 aromatic heterocycles. The number of hydrogen-bond acceptors (Lipinski definition) is 9. The number of rotatable bonds is 7. The van der Waals surface area contributed by atoms with E-state index in [0.29, 0.717) is 12.0 Å². The lowest BCUT2D eigenvalue weighted by Gasteiger charge is -2.16. The van der Waals surface area contributed by atoms with Gasteiger partial charge in [-0.1, -0.05) is 12.1 Å². The molecule has 1 aliphatic rings. The van der Waals surface area contributed by atoms with Crippen molar-refractivity contribution in [2.75, 3.05) is 13.2 Å². The fourth-order valence-corrected chi connectivity index (χ4v) is 3.06. The third-order valence-corrected chi connectivity index (χ3v) is 4.78. The lowest BCUT2D eigenvalue weighted by Crippen LogP contribution is -2.33.